The molecular formula is C31H39F3N6O8S. The molecule has 0 fully saturated rings. The van der Waals surface area contributed by atoms with Crippen molar-refractivity contribution in [3.8, 4) is 16.9 Å². The Hall–Kier alpha value is -4.87. The number of amides is 1. The van der Waals surface area contributed by atoms with Crippen LogP contribution < -0.4 is 4.72 Å². The minimum absolute atomic E-state index is 0.0722. The van der Waals surface area contributed by atoms with Gasteiger partial charge < -0.3 is 19.5 Å². The van der Waals surface area contributed by atoms with Crippen LogP contribution in [-0.4, -0.2) is 66.7 Å². The van der Waals surface area contributed by atoms with E-state index in [1.807, 2.05) is 13.8 Å². The third-order valence-corrected chi connectivity index (χ3v) is 8.70. The van der Waals surface area contributed by atoms with Crippen molar-refractivity contribution < 1.29 is 50.5 Å². The van der Waals surface area contributed by atoms with E-state index in [9.17, 15) is 36.4 Å². The fourth-order valence-corrected chi connectivity index (χ4v) is 5.13. The zero-order valence-corrected chi connectivity index (χ0v) is 28.8. The lowest BCUT2D eigenvalue weighted by Gasteiger charge is -2.27. The SMILES string of the molecule is CC[C@@H](C)[C@@H](COC(=O)NS(=O)(=O)c1ccc(-n2nc(C(F)(F)F)cc2-c2ccc(C)cc2)cc1)N(C)/[N+]([O-])=N/OCOC(=O)C(C)(C)C. The first-order valence-corrected chi connectivity index (χ1v) is 16.5. The highest BCUT2D eigenvalue weighted by Crippen LogP contribution is 2.33. The molecule has 0 saturated carbocycles. The quantitative estimate of drug-likeness (QED) is 0.0556. The first-order valence-electron chi connectivity index (χ1n) is 15.0. The monoisotopic (exact) mass is 712 g/mol. The molecule has 3 aromatic rings. The topological polar surface area (TPSA) is 167 Å². The number of alkyl halides is 3. The molecule has 268 valence electrons. The lowest BCUT2D eigenvalue weighted by atomic mass is 9.98. The molecule has 0 radical (unpaired) electrons. The van der Waals surface area contributed by atoms with E-state index in [0.717, 1.165) is 33.5 Å². The molecule has 1 N–H and O–H groups in total. The highest BCUT2D eigenvalue weighted by Gasteiger charge is 2.35. The number of esters is 1. The fraction of sp³-hybridized carbons (Fsp3) is 0.452. The Morgan fingerprint density at radius 1 is 1.08 bits per heavy atom. The van der Waals surface area contributed by atoms with Gasteiger partial charge in [-0.3, -0.25) is 4.79 Å². The Balaban J connectivity index is 1.70. The standard InChI is InChI=1S/C31H39F3N6O8S/c1-8-21(3)26(38(7)40(43)37-48-19-47-28(41)30(4,5)6)18-46-29(42)36-49(44,45)24-15-13-23(14-16-24)39-25(17-27(35-39)31(32,33)34)22-11-9-20(2)10-12-22/h9-17,21,26H,8,18-19H2,1-7H3,(H,36,42)/b40-37-/t21-,26-/m1/s1. The molecule has 1 aromatic heterocycles. The van der Waals surface area contributed by atoms with Gasteiger partial charge in [0, 0.05) is 5.56 Å². The minimum atomic E-state index is -4.72. The number of likely N-dealkylation sites (N-methyl/N-ethyl adjacent to an activating group) is 1. The highest BCUT2D eigenvalue weighted by molar-refractivity contribution is 7.90. The van der Waals surface area contributed by atoms with E-state index in [-0.39, 0.29) is 27.2 Å². The fourth-order valence-electron chi connectivity index (χ4n) is 4.24. The number of carbonyl (C=O) groups is 2. The Kier molecular flexibility index (Phi) is 12.3. The van der Waals surface area contributed by atoms with Gasteiger partial charge >= 0.3 is 18.2 Å². The largest absolute Gasteiger partial charge is 0.569 e. The molecule has 0 unspecified atom stereocenters. The molecule has 2 atom stereocenters. The number of sulfonamides is 1. The van der Waals surface area contributed by atoms with Gasteiger partial charge in [-0.1, -0.05) is 50.1 Å². The normalized spacial score (nSPS) is 13.7. The molecule has 18 heteroatoms. The number of aryl methyl sites for hydroxylation is 1. The van der Waals surface area contributed by atoms with E-state index in [1.54, 1.807) is 56.7 Å². The number of hydrogen-bond acceptors (Lipinski definition) is 10. The van der Waals surface area contributed by atoms with Crippen molar-refractivity contribution in [1.82, 2.24) is 19.5 Å². The van der Waals surface area contributed by atoms with Gasteiger partial charge in [0.25, 0.3) is 16.8 Å². The van der Waals surface area contributed by atoms with E-state index in [2.05, 4.69) is 10.4 Å². The van der Waals surface area contributed by atoms with Gasteiger partial charge in [-0.05, 0) is 63.9 Å². The zero-order valence-electron chi connectivity index (χ0n) is 28.0. The van der Waals surface area contributed by atoms with E-state index in [0.29, 0.717) is 12.0 Å². The summed E-state index contributed by atoms with van der Waals surface area (Å²) in [6.07, 6.45) is -5.53. The van der Waals surface area contributed by atoms with Gasteiger partial charge in [0.05, 0.1) is 33.7 Å². The van der Waals surface area contributed by atoms with Gasteiger partial charge in [0.15, 0.2) is 5.69 Å². The van der Waals surface area contributed by atoms with Crippen molar-refractivity contribution in [2.75, 3.05) is 20.4 Å². The van der Waals surface area contributed by atoms with Crippen molar-refractivity contribution >= 4 is 22.1 Å². The molecule has 1 amide bonds. The number of benzene rings is 2. The maximum atomic E-state index is 13.5. The Morgan fingerprint density at radius 2 is 1.69 bits per heavy atom. The molecule has 0 aliphatic heterocycles. The van der Waals surface area contributed by atoms with Gasteiger partial charge in [0.1, 0.15) is 12.6 Å². The van der Waals surface area contributed by atoms with Crippen molar-refractivity contribution in [3.63, 3.8) is 0 Å². The number of rotatable bonds is 13. The van der Waals surface area contributed by atoms with Gasteiger partial charge in [-0.2, -0.15) is 18.3 Å². The average molecular weight is 713 g/mol. The van der Waals surface area contributed by atoms with E-state index < -0.39 is 58.8 Å². The van der Waals surface area contributed by atoms with Gasteiger partial charge in [0.2, 0.25) is 5.28 Å². The van der Waals surface area contributed by atoms with Crippen LogP contribution in [-0.2, 0) is 35.3 Å². The summed E-state index contributed by atoms with van der Waals surface area (Å²) in [5, 5.41) is 20.6. The number of ether oxygens (including phenoxy) is 2. The maximum absolute atomic E-state index is 13.5. The van der Waals surface area contributed by atoms with E-state index in [1.165, 1.54) is 19.2 Å². The number of hydrogen-bond donors (Lipinski definition) is 1. The summed E-state index contributed by atoms with van der Waals surface area (Å²) in [6.45, 7) is 9.29. The molecule has 2 aromatic carbocycles. The highest BCUT2D eigenvalue weighted by atomic mass is 32.2. The summed E-state index contributed by atoms with van der Waals surface area (Å²) in [6, 6.07) is 11.6. The first kappa shape index (κ1) is 38.6. The Bertz CT molecular complexity index is 1740. The zero-order chi connectivity index (χ0) is 36.7. The Morgan fingerprint density at radius 3 is 2.24 bits per heavy atom. The second-order valence-corrected chi connectivity index (χ2v) is 13.9. The number of carbonyl (C=O) groups excluding carboxylic acids is 2. The molecule has 3 rings (SSSR count). The van der Waals surface area contributed by atoms with Crippen molar-refractivity contribution in [1.29, 1.82) is 0 Å². The third-order valence-electron chi connectivity index (χ3n) is 7.37. The summed E-state index contributed by atoms with van der Waals surface area (Å²) in [7, 11) is -3.14. The van der Waals surface area contributed by atoms with Crippen LogP contribution in [0.5, 0.6) is 0 Å². The van der Waals surface area contributed by atoms with E-state index in [4.69, 9.17) is 14.3 Å². The number of hydrazine groups is 1. The number of nitrogens with zero attached hydrogens (tertiary/aromatic N) is 5. The van der Waals surface area contributed by atoms with Crippen LogP contribution >= 0.6 is 0 Å². The predicted octanol–water partition coefficient (Wildman–Crippen LogP) is 5.98. The van der Waals surface area contributed by atoms with Crippen LogP contribution in [0.15, 0.2) is 64.8 Å². The molecule has 0 spiro atoms. The molecule has 49 heavy (non-hydrogen) atoms. The smallest absolute Gasteiger partial charge is 0.435 e. The maximum Gasteiger partial charge on any atom is 0.435 e. The van der Waals surface area contributed by atoms with Crippen LogP contribution in [0, 0.1) is 23.5 Å². The third kappa shape index (κ3) is 10.3. The van der Waals surface area contributed by atoms with Crippen molar-refractivity contribution in [3.05, 3.63) is 71.1 Å². The van der Waals surface area contributed by atoms with Crippen LogP contribution in [0.1, 0.15) is 52.3 Å². The van der Waals surface area contributed by atoms with Gasteiger partial charge in [-0.25, -0.2) is 22.6 Å². The lowest BCUT2D eigenvalue weighted by molar-refractivity contribution is -0.715. The minimum Gasteiger partial charge on any atom is -0.569 e. The second-order valence-electron chi connectivity index (χ2n) is 12.2. The second kappa shape index (κ2) is 15.6. The van der Waals surface area contributed by atoms with Crippen molar-refractivity contribution in [2.45, 2.75) is 65.1 Å². The molecular weight excluding hydrogens is 673 g/mol. The predicted molar refractivity (Wildman–Crippen MR) is 169 cm³/mol. The number of aromatic nitrogens is 2. The molecule has 14 nitrogen and oxygen atoms in total. The van der Waals surface area contributed by atoms with E-state index >= 15 is 0 Å². The van der Waals surface area contributed by atoms with Crippen LogP contribution in [0.2, 0.25) is 0 Å². The summed E-state index contributed by atoms with van der Waals surface area (Å²) in [5.41, 5.74) is -0.294. The van der Waals surface area contributed by atoms with Gasteiger partial charge in [-0.15, -0.1) is 5.01 Å². The summed E-state index contributed by atoms with van der Waals surface area (Å²) >= 11 is 0. The number of nitrogens with one attached hydrogen (secondary N) is 1. The molecule has 0 saturated heterocycles. The molecule has 1 heterocycles. The Labute approximate surface area is 282 Å². The van der Waals surface area contributed by atoms with Crippen LogP contribution in [0.4, 0.5) is 18.0 Å². The molecule has 0 bridgehead atoms. The lowest BCUT2D eigenvalue weighted by Crippen LogP contribution is -2.45. The first-order chi connectivity index (χ1) is 22.7. The molecule has 0 aliphatic rings. The number of halogens is 3. The van der Waals surface area contributed by atoms with Crippen LogP contribution in [0.3, 0.4) is 0 Å². The summed E-state index contributed by atoms with van der Waals surface area (Å²) < 4.78 is 79.4. The summed E-state index contributed by atoms with van der Waals surface area (Å²) in [5.74, 6) is -0.821. The average Bonchev–Trinajstić information content (AvgIpc) is 3.49. The molecule has 0 aliphatic carbocycles. The van der Waals surface area contributed by atoms with Crippen LogP contribution in [0.25, 0.3) is 16.9 Å². The summed E-state index contributed by atoms with van der Waals surface area (Å²) in [4.78, 5) is 28.8. The van der Waals surface area contributed by atoms with Crippen molar-refractivity contribution in [2.24, 2.45) is 16.6 Å².